The molecule has 3 atom stereocenters. The first-order valence-corrected chi connectivity index (χ1v) is 11.3. The highest BCUT2D eigenvalue weighted by Gasteiger charge is 2.41. The van der Waals surface area contributed by atoms with Gasteiger partial charge in [0.1, 0.15) is 0 Å². The van der Waals surface area contributed by atoms with Crippen LogP contribution in [-0.4, -0.2) is 83.9 Å². The Morgan fingerprint density at radius 1 is 1.19 bits per heavy atom. The molecule has 2 saturated heterocycles. The maximum Gasteiger partial charge on any atom is 0.407 e. The summed E-state index contributed by atoms with van der Waals surface area (Å²) < 4.78 is 6.59. The molecule has 1 aromatic rings. The summed E-state index contributed by atoms with van der Waals surface area (Å²) >= 11 is 12.4. The smallest absolute Gasteiger partial charge is 0.407 e. The Labute approximate surface area is 193 Å². The molecule has 0 radical (unpaired) electrons. The number of halogens is 2. The second-order valence-corrected chi connectivity index (χ2v) is 10.3. The third kappa shape index (κ3) is 5.57. The van der Waals surface area contributed by atoms with E-state index in [1.165, 1.54) is 4.90 Å². The minimum absolute atomic E-state index is 0.0330. The van der Waals surface area contributed by atoms with Gasteiger partial charge in [0.2, 0.25) is 0 Å². The van der Waals surface area contributed by atoms with Crippen molar-refractivity contribution in [2.24, 2.45) is 5.41 Å². The minimum Gasteiger partial charge on any atom is -0.465 e. The molecule has 2 aliphatic heterocycles. The van der Waals surface area contributed by atoms with E-state index in [-0.39, 0.29) is 42.7 Å². The van der Waals surface area contributed by atoms with E-state index in [2.05, 4.69) is 0 Å². The first-order chi connectivity index (χ1) is 14.5. The summed E-state index contributed by atoms with van der Waals surface area (Å²) in [6.07, 6.45) is -0.811. The molecule has 172 valence electrons. The average molecular weight is 472 g/mol. The predicted octanol–water partition coefficient (Wildman–Crippen LogP) is 4.63. The molecule has 0 aliphatic carbocycles. The molecule has 0 spiro atoms. The van der Waals surface area contributed by atoms with Crippen LogP contribution in [0.4, 0.5) is 9.59 Å². The highest BCUT2D eigenvalue weighted by molar-refractivity contribution is 6.42. The number of benzene rings is 1. The molecule has 0 saturated carbocycles. The molecule has 2 aliphatic rings. The quantitative estimate of drug-likeness (QED) is 0.697. The van der Waals surface area contributed by atoms with Gasteiger partial charge < -0.3 is 24.5 Å². The van der Waals surface area contributed by atoms with Crippen LogP contribution in [0.25, 0.3) is 0 Å². The van der Waals surface area contributed by atoms with Gasteiger partial charge in [0.25, 0.3) is 0 Å². The van der Waals surface area contributed by atoms with Crippen LogP contribution in [0.5, 0.6) is 0 Å². The Balaban J connectivity index is 1.99. The lowest BCUT2D eigenvalue weighted by Gasteiger charge is -2.39. The minimum atomic E-state index is -0.989. The van der Waals surface area contributed by atoms with Gasteiger partial charge >= 0.3 is 12.1 Å². The molecule has 0 bridgehead atoms. The molecule has 2 heterocycles. The van der Waals surface area contributed by atoms with Gasteiger partial charge in [0.15, 0.2) is 0 Å². The Morgan fingerprint density at radius 2 is 1.90 bits per heavy atom. The van der Waals surface area contributed by atoms with Gasteiger partial charge in [-0.1, -0.05) is 50.0 Å². The number of carbonyl (C=O) groups is 2. The summed E-state index contributed by atoms with van der Waals surface area (Å²) in [5.41, 5.74) is 0.569. The van der Waals surface area contributed by atoms with Crippen LogP contribution in [0.15, 0.2) is 18.2 Å². The van der Waals surface area contributed by atoms with Crippen LogP contribution >= 0.6 is 23.2 Å². The normalized spacial score (nSPS) is 25.5. The van der Waals surface area contributed by atoms with E-state index in [0.717, 1.165) is 18.5 Å². The largest absolute Gasteiger partial charge is 0.465 e. The zero-order valence-corrected chi connectivity index (χ0v) is 20.0. The summed E-state index contributed by atoms with van der Waals surface area (Å²) in [6, 6.07) is 5.31. The second kappa shape index (κ2) is 9.43. The van der Waals surface area contributed by atoms with Gasteiger partial charge in [-0.3, -0.25) is 0 Å². The van der Waals surface area contributed by atoms with Crippen molar-refractivity contribution in [1.82, 2.24) is 14.7 Å². The topological polar surface area (TPSA) is 73.3 Å². The highest BCUT2D eigenvalue weighted by Crippen LogP contribution is 2.36. The Morgan fingerprint density at radius 3 is 2.52 bits per heavy atom. The van der Waals surface area contributed by atoms with Crippen molar-refractivity contribution in [3.8, 4) is 0 Å². The van der Waals surface area contributed by atoms with Gasteiger partial charge in [-0.25, -0.2) is 9.59 Å². The van der Waals surface area contributed by atoms with Crippen molar-refractivity contribution in [3.63, 3.8) is 0 Å². The van der Waals surface area contributed by atoms with Crippen molar-refractivity contribution in [2.45, 2.75) is 45.3 Å². The standard InChI is InChI=1S/C22H31Cl2N3O4/c1-22(2,3)19-13-27(21(29)30)11-15(14-6-7-16(23)17(24)10-14)18(31-19)12-26-9-5-8-25(4)20(26)28/h6-7,10,15,18-19H,5,8-9,11-13H2,1-4H3,(H,29,30)/t15-,18+,19?/m0/s1. The first kappa shape index (κ1) is 24.0. The third-order valence-corrected chi connectivity index (χ3v) is 6.86. The van der Waals surface area contributed by atoms with Gasteiger partial charge in [0.05, 0.1) is 28.8 Å². The lowest BCUT2D eigenvalue weighted by Crippen LogP contribution is -2.51. The Hall–Kier alpha value is -1.70. The summed E-state index contributed by atoms with van der Waals surface area (Å²) in [5, 5.41) is 10.7. The fourth-order valence-corrected chi connectivity index (χ4v) is 4.47. The maximum atomic E-state index is 12.7. The molecule has 1 unspecified atom stereocenters. The number of ether oxygens (including phenoxy) is 1. The third-order valence-electron chi connectivity index (χ3n) is 6.12. The van der Waals surface area contributed by atoms with Crippen molar-refractivity contribution in [1.29, 1.82) is 0 Å². The number of rotatable bonds is 3. The highest BCUT2D eigenvalue weighted by atomic mass is 35.5. The second-order valence-electron chi connectivity index (χ2n) is 9.50. The van der Waals surface area contributed by atoms with Crippen molar-refractivity contribution < 1.29 is 19.4 Å². The molecule has 3 amide bonds. The summed E-state index contributed by atoms with van der Waals surface area (Å²) in [4.78, 5) is 29.7. The number of nitrogens with zero attached hydrogens (tertiary/aromatic N) is 3. The fraction of sp³-hybridized carbons (Fsp3) is 0.636. The van der Waals surface area contributed by atoms with Crippen LogP contribution in [0.2, 0.25) is 10.0 Å². The summed E-state index contributed by atoms with van der Waals surface area (Å²) in [7, 11) is 1.79. The molecule has 0 aromatic heterocycles. The van der Waals surface area contributed by atoms with Crippen molar-refractivity contribution in [3.05, 3.63) is 33.8 Å². The molecule has 1 aromatic carbocycles. The van der Waals surface area contributed by atoms with E-state index in [9.17, 15) is 14.7 Å². The van der Waals surface area contributed by atoms with E-state index >= 15 is 0 Å². The molecule has 2 fully saturated rings. The summed E-state index contributed by atoms with van der Waals surface area (Å²) in [5.74, 6) is -0.293. The van der Waals surface area contributed by atoms with Gasteiger partial charge in [-0.15, -0.1) is 0 Å². The van der Waals surface area contributed by atoms with Gasteiger partial charge in [-0.05, 0) is 29.5 Å². The van der Waals surface area contributed by atoms with E-state index < -0.39 is 6.09 Å². The number of urea groups is 1. The fourth-order valence-electron chi connectivity index (χ4n) is 4.16. The van der Waals surface area contributed by atoms with E-state index in [1.807, 2.05) is 26.8 Å². The lowest BCUT2D eigenvalue weighted by molar-refractivity contribution is -0.0743. The van der Waals surface area contributed by atoms with Crippen LogP contribution in [-0.2, 0) is 4.74 Å². The number of hydrogen-bond donors (Lipinski definition) is 1. The van der Waals surface area contributed by atoms with Crippen LogP contribution < -0.4 is 0 Å². The number of carboxylic acid groups (broad SMARTS) is 1. The summed E-state index contributed by atoms with van der Waals surface area (Å²) in [6.45, 7) is 8.39. The van der Waals surface area contributed by atoms with Crippen LogP contribution in [0.1, 0.15) is 38.7 Å². The van der Waals surface area contributed by atoms with E-state index in [1.54, 1.807) is 29.0 Å². The number of amides is 3. The van der Waals surface area contributed by atoms with Gasteiger partial charge in [0, 0.05) is 39.1 Å². The predicted molar refractivity (Wildman–Crippen MR) is 121 cm³/mol. The SMILES string of the molecule is CN1CCCN(C[C@H]2OC(C(C)(C)C)CN(C(=O)O)C[C@H]2c2ccc(Cl)c(Cl)c2)C1=O. The van der Waals surface area contributed by atoms with Crippen molar-refractivity contribution >= 4 is 35.3 Å². The van der Waals surface area contributed by atoms with Gasteiger partial charge in [-0.2, -0.15) is 0 Å². The van der Waals surface area contributed by atoms with E-state index in [4.69, 9.17) is 27.9 Å². The monoisotopic (exact) mass is 471 g/mol. The first-order valence-electron chi connectivity index (χ1n) is 10.6. The molecule has 9 heteroatoms. The molecule has 3 rings (SSSR count). The maximum absolute atomic E-state index is 12.7. The Bertz CT molecular complexity index is 829. The van der Waals surface area contributed by atoms with Crippen molar-refractivity contribution in [2.75, 3.05) is 39.8 Å². The molecular weight excluding hydrogens is 441 g/mol. The molecular formula is C22H31Cl2N3O4. The van der Waals surface area contributed by atoms with Crippen LogP contribution in [0.3, 0.4) is 0 Å². The van der Waals surface area contributed by atoms with Crippen LogP contribution in [0, 0.1) is 5.41 Å². The molecule has 1 N–H and O–H groups in total. The molecule has 7 nitrogen and oxygen atoms in total. The number of carbonyl (C=O) groups excluding carboxylic acids is 1. The zero-order chi connectivity index (χ0) is 22.9. The molecule has 31 heavy (non-hydrogen) atoms. The average Bonchev–Trinajstić information content (AvgIpc) is 2.88. The zero-order valence-electron chi connectivity index (χ0n) is 18.5. The lowest BCUT2D eigenvalue weighted by atomic mass is 9.88. The van der Waals surface area contributed by atoms with E-state index in [0.29, 0.717) is 23.1 Å². The Kier molecular flexibility index (Phi) is 7.28. The number of hydrogen-bond acceptors (Lipinski definition) is 3.